The minimum atomic E-state index is -0.181. The van der Waals surface area contributed by atoms with Gasteiger partial charge in [-0.1, -0.05) is 18.2 Å². The summed E-state index contributed by atoms with van der Waals surface area (Å²) in [6.45, 7) is 4.82. The van der Waals surface area contributed by atoms with Crippen LogP contribution in [-0.2, 0) is 6.54 Å². The Morgan fingerprint density at radius 2 is 1.65 bits per heavy atom. The third-order valence-electron chi connectivity index (χ3n) is 4.52. The summed E-state index contributed by atoms with van der Waals surface area (Å²) in [7, 11) is 0. The van der Waals surface area contributed by atoms with Gasteiger partial charge >= 0.3 is 0 Å². The molecule has 23 heavy (non-hydrogen) atoms. The summed E-state index contributed by atoms with van der Waals surface area (Å²) in [5, 5.41) is 1.20. The van der Waals surface area contributed by atoms with Gasteiger partial charge in [0, 0.05) is 49.4 Å². The predicted molar refractivity (Wildman–Crippen MR) is 90.1 cm³/mol. The molecule has 0 aliphatic carbocycles. The van der Waals surface area contributed by atoms with Crippen LogP contribution in [0.5, 0.6) is 0 Å². The van der Waals surface area contributed by atoms with Crippen LogP contribution < -0.4 is 4.90 Å². The average molecular weight is 310 g/mol. The second-order valence-electron chi connectivity index (χ2n) is 6.00. The lowest BCUT2D eigenvalue weighted by atomic mass is 10.1. The minimum absolute atomic E-state index is 0.181. The molecule has 2 aromatic carbocycles. The number of para-hydroxylation sites is 1. The van der Waals surface area contributed by atoms with Gasteiger partial charge in [-0.05, 0) is 30.3 Å². The van der Waals surface area contributed by atoms with E-state index in [1.54, 1.807) is 0 Å². The summed E-state index contributed by atoms with van der Waals surface area (Å²) >= 11 is 0. The van der Waals surface area contributed by atoms with Crippen LogP contribution in [0.1, 0.15) is 5.56 Å². The second kappa shape index (κ2) is 6.05. The highest BCUT2D eigenvalue weighted by atomic mass is 19.1. The Bertz CT molecular complexity index is 788. The number of anilines is 1. The molecule has 2 heterocycles. The Labute approximate surface area is 134 Å². The Hall–Kier alpha value is -2.33. The third kappa shape index (κ3) is 2.94. The fourth-order valence-electron chi connectivity index (χ4n) is 3.21. The van der Waals surface area contributed by atoms with Crippen molar-refractivity contribution >= 4 is 16.7 Å². The molecule has 4 heteroatoms. The number of benzene rings is 2. The maximum atomic E-state index is 13.0. The number of halogens is 1. The van der Waals surface area contributed by atoms with E-state index in [-0.39, 0.29) is 5.82 Å². The van der Waals surface area contributed by atoms with Gasteiger partial charge in [-0.2, -0.15) is 0 Å². The largest absolute Gasteiger partial charge is 0.464 e. The Morgan fingerprint density at radius 1 is 0.913 bits per heavy atom. The van der Waals surface area contributed by atoms with Gasteiger partial charge in [-0.25, -0.2) is 4.39 Å². The smallest absolute Gasteiger partial charge is 0.134 e. The van der Waals surface area contributed by atoms with E-state index in [1.165, 1.54) is 23.1 Å². The van der Waals surface area contributed by atoms with Crippen LogP contribution in [0.4, 0.5) is 10.1 Å². The molecule has 0 bridgehead atoms. The van der Waals surface area contributed by atoms with Crippen LogP contribution in [0, 0.1) is 5.82 Å². The number of nitrogens with zero attached hydrogens (tertiary/aromatic N) is 2. The molecule has 0 saturated carbocycles. The fourth-order valence-corrected chi connectivity index (χ4v) is 3.21. The SMILES string of the molecule is Fc1ccc(N2CCN(Cc3coc4ccccc34)CC2)cc1. The van der Waals surface area contributed by atoms with Crippen molar-refractivity contribution in [3.8, 4) is 0 Å². The van der Waals surface area contributed by atoms with E-state index in [9.17, 15) is 4.39 Å². The molecule has 3 nitrogen and oxygen atoms in total. The zero-order chi connectivity index (χ0) is 15.6. The number of piperazine rings is 1. The Kier molecular flexibility index (Phi) is 3.75. The lowest BCUT2D eigenvalue weighted by Gasteiger charge is -2.36. The zero-order valence-corrected chi connectivity index (χ0v) is 12.9. The molecule has 1 saturated heterocycles. The number of hydrogen-bond donors (Lipinski definition) is 0. The van der Waals surface area contributed by atoms with Gasteiger partial charge < -0.3 is 9.32 Å². The van der Waals surface area contributed by atoms with Crippen LogP contribution in [0.15, 0.2) is 59.2 Å². The van der Waals surface area contributed by atoms with Gasteiger partial charge in [-0.15, -0.1) is 0 Å². The molecular weight excluding hydrogens is 291 g/mol. The van der Waals surface area contributed by atoms with Crippen molar-refractivity contribution in [2.24, 2.45) is 0 Å². The summed E-state index contributed by atoms with van der Waals surface area (Å²) in [5.41, 5.74) is 3.29. The maximum absolute atomic E-state index is 13.0. The molecule has 1 aliphatic heterocycles. The lowest BCUT2D eigenvalue weighted by molar-refractivity contribution is 0.250. The third-order valence-corrected chi connectivity index (χ3v) is 4.52. The number of furan rings is 1. The number of hydrogen-bond acceptors (Lipinski definition) is 3. The standard InChI is InChI=1S/C19H19FN2O/c20-16-5-7-17(8-6-16)22-11-9-21(10-12-22)13-15-14-23-19-4-2-1-3-18(15)19/h1-8,14H,9-13H2. The molecule has 1 aromatic heterocycles. The van der Waals surface area contributed by atoms with Crippen LogP contribution in [0.25, 0.3) is 11.0 Å². The molecule has 0 N–H and O–H groups in total. The summed E-state index contributed by atoms with van der Waals surface area (Å²) in [4.78, 5) is 4.75. The fraction of sp³-hybridized carbons (Fsp3) is 0.263. The molecule has 1 aliphatic rings. The molecule has 0 spiro atoms. The van der Waals surface area contributed by atoms with Crippen molar-refractivity contribution in [1.82, 2.24) is 4.90 Å². The summed E-state index contributed by atoms with van der Waals surface area (Å²) < 4.78 is 18.6. The normalized spacial score (nSPS) is 16.1. The van der Waals surface area contributed by atoms with Crippen molar-refractivity contribution in [2.75, 3.05) is 31.1 Å². The first kappa shape index (κ1) is 14.3. The molecule has 118 valence electrons. The van der Waals surface area contributed by atoms with Crippen molar-refractivity contribution in [1.29, 1.82) is 0 Å². The van der Waals surface area contributed by atoms with E-state index in [0.29, 0.717) is 0 Å². The maximum Gasteiger partial charge on any atom is 0.134 e. The zero-order valence-electron chi connectivity index (χ0n) is 12.9. The predicted octanol–water partition coefficient (Wildman–Crippen LogP) is 3.89. The molecule has 1 fully saturated rings. The Balaban J connectivity index is 1.41. The van der Waals surface area contributed by atoms with Crippen LogP contribution in [0.3, 0.4) is 0 Å². The van der Waals surface area contributed by atoms with Gasteiger partial charge in [0.1, 0.15) is 11.4 Å². The van der Waals surface area contributed by atoms with E-state index < -0.39 is 0 Å². The highest BCUT2D eigenvalue weighted by Crippen LogP contribution is 2.23. The summed E-state index contributed by atoms with van der Waals surface area (Å²) in [6.07, 6.45) is 1.87. The van der Waals surface area contributed by atoms with Crippen LogP contribution >= 0.6 is 0 Å². The van der Waals surface area contributed by atoms with Crippen molar-refractivity contribution in [3.63, 3.8) is 0 Å². The van der Waals surface area contributed by atoms with Crippen molar-refractivity contribution in [2.45, 2.75) is 6.54 Å². The quantitative estimate of drug-likeness (QED) is 0.731. The van der Waals surface area contributed by atoms with Gasteiger partial charge in [-0.3, -0.25) is 4.90 Å². The summed E-state index contributed by atoms with van der Waals surface area (Å²) in [5.74, 6) is -0.181. The minimum Gasteiger partial charge on any atom is -0.464 e. The molecule has 0 unspecified atom stereocenters. The lowest BCUT2D eigenvalue weighted by Crippen LogP contribution is -2.45. The van der Waals surface area contributed by atoms with Gasteiger partial charge in [0.25, 0.3) is 0 Å². The van der Waals surface area contributed by atoms with Crippen LogP contribution in [-0.4, -0.2) is 31.1 Å². The van der Waals surface area contributed by atoms with Gasteiger partial charge in [0.15, 0.2) is 0 Å². The van der Waals surface area contributed by atoms with Crippen molar-refractivity contribution in [3.05, 3.63) is 66.2 Å². The molecule has 0 atom stereocenters. The Morgan fingerprint density at radius 3 is 2.43 bits per heavy atom. The summed E-state index contributed by atoms with van der Waals surface area (Å²) in [6, 6.07) is 14.9. The monoisotopic (exact) mass is 310 g/mol. The highest BCUT2D eigenvalue weighted by Gasteiger charge is 2.18. The molecular formula is C19H19FN2O. The molecule has 0 amide bonds. The van der Waals surface area contributed by atoms with E-state index in [4.69, 9.17) is 4.42 Å². The van der Waals surface area contributed by atoms with E-state index in [1.807, 2.05) is 36.6 Å². The first-order valence-electron chi connectivity index (χ1n) is 7.97. The van der Waals surface area contributed by atoms with E-state index >= 15 is 0 Å². The topological polar surface area (TPSA) is 19.6 Å². The van der Waals surface area contributed by atoms with E-state index in [2.05, 4.69) is 15.9 Å². The van der Waals surface area contributed by atoms with Crippen molar-refractivity contribution < 1.29 is 8.81 Å². The average Bonchev–Trinajstić information content (AvgIpc) is 3.00. The van der Waals surface area contributed by atoms with Gasteiger partial charge in [0.2, 0.25) is 0 Å². The van der Waals surface area contributed by atoms with E-state index in [0.717, 1.165) is 44.0 Å². The second-order valence-corrected chi connectivity index (χ2v) is 6.00. The highest BCUT2D eigenvalue weighted by molar-refractivity contribution is 5.80. The number of rotatable bonds is 3. The molecule has 0 radical (unpaired) electrons. The first-order chi connectivity index (χ1) is 11.3. The first-order valence-corrected chi connectivity index (χ1v) is 7.97. The van der Waals surface area contributed by atoms with Gasteiger partial charge in [0.05, 0.1) is 6.26 Å². The number of fused-ring (bicyclic) bond motifs is 1. The molecule has 4 rings (SSSR count). The van der Waals surface area contributed by atoms with Crippen LogP contribution in [0.2, 0.25) is 0 Å². The molecule has 3 aromatic rings.